The molecular formula is C23H29F4N5O4S2. The minimum absolute atomic E-state index is 0.0471. The highest BCUT2D eigenvalue weighted by molar-refractivity contribution is 7.93. The molecule has 0 aromatic carbocycles. The van der Waals surface area contributed by atoms with E-state index in [9.17, 15) is 36.8 Å². The van der Waals surface area contributed by atoms with Gasteiger partial charge in [0.1, 0.15) is 17.1 Å². The van der Waals surface area contributed by atoms with Crippen LogP contribution in [0.2, 0.25) is 0 Å². The third-order valence-corrected chi connectivity index (χ3v) is 7.86. The number of aliphatic hydroxyl groups is 1. The highest BCUT2D eigenvalue weighted by atomic mass is 32.2. The molecule has 15 heteroatoms. The van der Waals surface area contributed by atoms with Gasteiger partial charge in [-0.1, -0.05) is 0 Å². The van der Waals surface area contributed by atoms with E-state index in [4.69, 9.17) is 0 Å². The molecule has 1 atom stereocenters. The zero-order valence-electron chi connectivity index (χ0n) is 21.2. The highest BCUT2D eigenvalue weighted by Crippen LogP contribution is 2.42. The molecule has 38 heavy (non-hydrogen) atoms. The zero-order valence-corrected chi connectivity index (χ0v) is 22.8. The molecule has 0 aliphatic carbocycles. The van der Waals surface area contributed by atoms with Crippen LogP contribution >= 0.6 is 11.3 Å². The van der Waals surface area contributed by atoms with Crippen LogP contribution in [0.25, 0.3) is 10.4 Å². The lowest BCUT2D eigenvalue weighted by Crippen LogP contribution is -2.39. The first-order chi connectivity index (χ1) is 17.6. The lowest BCUT2D eigenvalue weighted by Gasteiger charge is -2.28. The number of carbonyl (C=O) groups excluding carboxylic acids is 2. The van der Waals surface area contributed by atoms with Crippen molar-refractivity contribution in [3.05, 3.63) is 28.5 Å². The number of thiazole rings is 1. The van der Waals surface area contributed by atoms with Crippen molar-refractivity contribution < 1.29 is 36.8 Å². The smallest absolute Gasteiger partial charge is 0.417 e. The van der Waals surface area contributed by atoms with Gasteiger partial charge in [-0.25, -0.2) is 14.4 Å². The third kappa shape index (κ3) is 7.55. The summed E-state index contributed by atoms with van der Waals surface area (Å²) in [7, 11) is 0. The molecular weight excluding hydrogens is 550 g/mol. The van der Waals surface area contributed by atoms with Crippen molar-refractivity contribution in [1.29, 1.82) is 0 Å². The Labute approximate surface area is 224 Å². The van der Waals surface area contributed by atoms with E-state index in [1.807, 2.05) is 0 Å². The molecule has 1 unspecified atom stereocenters. The summed E-state index contributed by atoms with van der Waals surface area (Å²) >= 11 is -1.12. The molecule has 0 radical (unpaired) electrons. The van der Waals surface area contributed by atoms with Gasteiger partial charge in [0.25, 0.3) is 11.8 Å². The summed E-state index contributed by atoms with van der Waals surface area (Å²) in [6.45, 7) is 6.06. The van der Waals surface area contributed by atoms with Crippen LogP contribution in [0, 0.1) is 0 Å². The SMILES string of the molecule is CC(C)[S+]([O-])Nc1cc(C(F)(F)F)c(-c2sc(C(=O)NCC(C)(C)O)nc2C(=O)N2CCC(F)CC2)cn1. The lowest BCUT2D eigenvalue weighted by atomic mass is 10.1. The number of hydrogen-bond donors (Lipinski definition) is 3. The van der Waals surface area contributed by atoms with Crippen molar-refractivity contribution in [2.45, 2.75) is 63.7 Å². The van der Waals surface area contributed by atoms with Gasteiger partial charge in [-0.2, -0.15) is 17.9 Å². The Morgan fingerprint density at radius 2 is 1.92 bits per heavy atom. The van der Waals surface area contributed by atoms with Crippen molar-refractivity contribution in [2.24, 2.45) is 0 Å². The van der Waals surface area contributed by atoms with Crippen LogP contribution in [0.5, 0.6) is 0 Å². The number of likely N-dealkylation sites (tertiary alicyclic amines) is 1. The monoisotopic (exact) mass is 579 g/mol. The second-order valence-corrected chi connectivity index (χ2v) is 12.5. The number of anilines is 1. The fourth-order valence-electron chi connectivity index (χ4n) is 3.47. The maximum atomic E-state index is 14.2. The first kappa shape index (κ1) is 30.1. The number of rotatable bonds is 8. The van der Waals surface area contributed by atoms with Crippen molar-refractivity contribution >= 4 is 40.3 Å². The van der Waals surface area contributed by atoms with E-state index in [2.05, 4.69) is 20.0 Å². The second-order valence-electron chi connectivity index (χ2n) is 9.72. The summed E-state index contributed by atoms with van der Waals surface area (Å²) in [6.07, 6.45) is -4.94. The Hall–Kier alpha value is -2.49. The van der Waals surface area contributed by atoms with Crippen molar-refractivity contribution in [3.8, 4) is 10.4 Å². The highest BCUT2D eigenvalue weighted by Gasteiger charge is 2.38. The van der Waals surface area contributed by atoms with Gasteiger partial charge in [0.05, 0.1) is 27.4 Å². The number of aromatic nitrogens is 2. The number of amides is 2. The van der Waals surface area contributed by atoms with Gasteiger partial charge in [0.15, 0.2) is 10.8 Å². The van der Waals surface area contributed by atoms with Gasteiger partial charge < -0.3 is 19.9 Å². The molecule has 2 aromatic heterocycles. The number of hydrogen-bond acceptors (Lipinski definition) is 8. The van der Waals surface area contributed by atoms with E-state index >= 15 is 0 Å². The molecule has 1 saturated heterocycles. The summed E-state index contributed by atoms with van der Waals surface area (Å²) in [5.74, 6) is -1.80. The molecule has 1 aliphatic rings. The zero-order chi connectivity index (χ0) is 28.4. The fraction of sp³-hybridized carbons (Fsp3) is 0.565. The molecule has 1 fully saturated rings. The van der Waals surface area contributed by atoms with Crippen LogP contribution in [0.3, 0.4) is 0 Å². The Morgan fingerprint density at radius 3 is 2.47 bits per heavy atom. The van der Waals surface area contributed by atoms with E-state index in [1.54, 1.807) is 13.8 Å². The van der Waals surface area contributed by atoms with Gasteiger partial charge >= 0.3 is 6.18 Å². The molecule has 210 valence electrons. The summed E-state index contributed by atoms with van der Waals surface area (Å²) in [5.41, 5.74) is -3.31. The van der Waals surface area contributed by atoms with Gasteiger partial charge in [-0.3, -0.25) is 9.59 Å². The van der Waals surface area contributed by atoms with Gasteiger partial charge in [-0.15, -0.1) is 11.3 Å². The number of nitrogens with zero attached hydrogens (tertiary/aromatic N) is 3. The predicted molar refractivity (Wildman–Crippen MR) is 136 cm³/mol. The first-order valence-electron chi connectivity index (χ1n) is 11.8. The maximum Gasteiger partial charge on any atom is 0.417 e. The maximum absolute atomic E-state index is 14.2. The molecule has 3 rings (SSSR count). The number of pyridine rings is 1. The van der Waals surface area contributed by atoms with Crippen LogP contribution in [0.15, 0.2) is 12.3 Å². The van der Waals surface area contributed by atoms with E-state index in [0.29, 0.717) is 17.4 Å². The molecule has 1 aliphatic heterocycles. The van der Waals surface area contributed by atoms with Gasteiger partial charge in [0.2, 0.25) is 0 Å². The minimum atomic E-state index is -4.89. The van der Waals surface area contributed by atoms with E-state index < -0.39 is 57.5 Å². The number of nitrogens with one attached hydrogen (secondary N) is 2. The van der Waals surface area contributed by atoms with E-state index in [1.165, 1.54) is 18.7 Å². The van der Waals surface area contributed by atoms with Crippen LogP contribution in [-0.4, -0.2) is 73.0 Å². The lowest BCUT2D eigenvalue weighted by molar-refractivity contribution is -0.137. The van der Waals surface area contributed by atoms with E-state index in [-0.39, 0.29) is 53.9 Å². The summed E-state index contributed by atoms with van der Waals surface area (Å²) in [4.78, 5) is 35.1. The minimum Gasteiger partial charge on any atom is -0.593 e. The van der Waals surface area contributed by atoms with E-state index in [0.717, 1.165) is 6.20 Å². The predicted octanol–water partition coefficient (Wildman–Crippen LogP) is 3.78. The quantitative estimate of drug-likeness (QED) is 0.321. The Bertz CT molecular complexity index is 1160. The number of carbonyl (C=O) groups is 2. The van der Waals surface area contributed by atoms with Crippen LogP contribution in [0.4, 0.5) is 23.4 Å². The third-order valence-electron chi connectivity index (χ3n) is 5.50. The Balaban J connectivity index is 2.09. The average molecular weight is 580 g/mol. The van der Waals surface area contributed by atoms with Crippen molar-refractivity contribution in [2.75, 3.05) is 24.4 Å². The molecule has 2 amide bonds. The van der Waals surface area contributed by atoms with Crippen molar-refractivity contribution in [1.82, 2.24) is 20.2 Å². The first-order valence-corrected chi connectivity index (χ1v) is 13.8. The molecule has 0 spiro atoms. The van der Waals surface area contributed by atoms with Gasteiger partial charge in [0, 0.05) is 31.4 Å². The number of piperidine rings is 1. The molecule has 0 bridgehead atoms. The molecule has 0 saturated carbocycles. The number of alkyl halides is 4. The van der Waals surface area contributed by atoms with Crippen molar-refractivity contribution in [3.63, 3.8) is 0 Å². The second kappa shape index (κ2) is 11.7. The Kier molecular flexibility index (Phi) is 9.27. The fourth-order valence-corrected chi connectivity index (χ4v) is 5.02. The molecule has 2 aromatic rings. The molecule has 3 heterocycles. The normalized spacial score (nSPS) is 16.0. The van der Waals surface area contributed by atoms with Gasteiger partial charge in [-0.05, 0) is 46.6 Å². The standard InChI is InChI=1S/C23H29F4N5O4S2/c1-12(2)38(36)31-16-9-15(23(25,26)27)14(10-28-16)18-17(21(34)32-7-5-13(24)6-8-32)30-20(37-18)19(33)29-11-22(3,4)35/h9-10,12-13,35H,5-8,11H2,1-4H3,(H,28,31)(H,29,33). The topological polar surface area (TPSA) is 131 Å². The van der Waals surface area contributed by atoms with Crippen LogP contribution in [0.1, 0.15) is 66.4 Å². The summed E-state index contributed by atoms with van der Waals surface area (Å²) in [6, 6.07) is 0.687. The Morgan fingerprint density at radius 1 is 1.29 bits per heavy atom. The molecule has 9 nitrogen and oxygen atoms in total. The summed E-state index contributed by atoms with van der Waals surface area (Å²) < 4.78 is 70.7. The largest absolute Gasteiger partial charge is 0.593 e. The van der Waals surface area contributed by atoms with Crippen LogP contribution in [-0.2, 0) is 17.5 Å². The average Bonchev–Trinajstić information content (AvgIpc) is 3.27. The van der Waals surface area contributed by atoms with Crippen LogP contribution < -0.4 is 10.0 Å². The molecule has 3 N–H and O–H groups in total. The number of halogens is 4. The summed E-state index contributed by atoms with van der Waals surface area (Å²) in [5, 5.41) is 11.7.